The van der Waals surface area contributed by atoms with Crippen LogP contribution in [0.2, 0.25) is 5.02 Å². The van der Waals surface area contributed by atoms with Gasteiger partial charge in [0.15, 0.2) is 6.10 Å². The highest BCUT2D eigenvalue weighted by molar-refractivity contribution is 7.89. The van der Waals surface area contributed by atoms with E-state index in [2.05, 4.69) is 5.32 Å². The van der Waals surface area contributed by atoms with Gasteiger partial charge in [-0.3, -0.25) is 4.79 Å². The molecule has 0 fully saturated rings. The Hall–Kier alpha value is -2.42. The molecule has 0 aliphatic rings. The van der Waals surface area contributed by atoms with Gasteiger partial charge in [-0.1, -0.05) is 23.7 Å². The van der Waals surface area contributed by atoms with Gasteiger partial charge in [-0.05, 0) is 49.7 Å². The molecule has 2 aromatic rings. The summed E-state index contributed by atoms with van der Waals surface area (Å²) in [7, 11) is -4.10. The smallest absolute Gasteiger partial charge is 0.338 e. The summed E-state index contributed by atoms with van der Waals surface area (Å²) in [6.07, 6.45) is -1.10. The summed E-state index contributed by atoms with van der Waals surface area (Å²) >= 11 is 5.77. The van der Waals surface area contributed by atoms with E-state index in [0.29, 0.717) is 5.69 Å². The quantitative estimate of drug-likeness (QED) is 0.753. The number of benzene rings is 2. The second-order valence-corrected chi connectivity index (χ2v) is 7.53. The molecule has 2 aromatic carbocycles. The molecule has 0 spiro atoms. The molecule has 0 radical (unpaired) electrons. The zero-order valence-corrected chi connectivity index (χ0v) is 15.6. The minimum Gasteiger partial charge on any atom is -0.449 e. The number of esters is 1. The van der Waals surface area contributed by atoms with E-state index < -0.39 is 32.9 Å². The summed E-state index contributed by atoms with van der Waals surface area (Å²) < 4.78 is 28.0. The van der Waals surface area contributed by atoms with Crippen LogP contribution in [0.5, 0.6) is 0 Å². The van der Waals surface area contributed by atoms with Gasteiger partial charge in [0.2, 0.25) is 10.0 Å². The zero-order chi connectivity index (χ0) is 19.5. The van der Waals surface area contributed by atoms with E-state index in [-0.39, 0.29) is 10.6 Å². The maximum Gasteiger partial charge on any atom is 0.338 e. The fourth-order valence-corrected chi connectivity index (χ4v) is 3.17. The Bertz CT molecular complexity index is 959. The lowest BCUT2D eigenvalue weighted by Gasteiger charge is -2.14. The van der Waals surface area contributed by atoms with E-state index in [0.717, 1.165) is 11.6 Å². The van der Waals surface area contributed by atoms with Gasteiger partial charge in [0.05, 0.1) is 10.6 Å². The van der Waals surface area contributed by atoms with E-state index in [1.54, 1.807) is 18.2 Å². The molecule has 26 heavy (non-hydrogen) atoms. The number of amides is 1. The van der Waals surface area contributed by atoms with Gasteiger partial charge in [0, 0.05) is 5.69 Å². The molecule has 0 aliphatic heterocycles. The van der Waals surface area contributed by atoms with Crippen molar-refractivity contribution in [2.24, 2.45) is 5.14 Å². The molecule has 0 saturated heterocycles. The number of anilines is 1. The van der Waals surface area contributed by atoms with Crippen molar-refractivity contribution in [1.29, 1.82) is 0 Å². The summed E-state index contributed by atoms with van der Waals surface area (Å²) in [6.45, 7) is 3.28. The molecule has 7 nitrogen and oxygen atoms in total. The summed E-state index contributed by atoms with van der Waals surface area (Å²) in [5.41, 5.74) is 1.44. The molecule has 9 heteroatoms. The number of carbonyl (C=O) groups excluding carboxylic acids is 2. The molecular formula is C17H17ClN2O5S. The Balaban J connectivity index is 2.10. The van der Waals surface area contributed by atoms with Crippen LogP contribution in [0.15, 0.2) is 47.4 Å². The monoisotopic (exact) mass is 396 g/mol. The fraction of sp³-hybridized carbons (Fsp3) is 0.176. The van der Waals surface area contributed by atoms with Crippen molar-refractivity contribution < 1.29 is 22.7 Å². The first-order valence-electron chi connectivity index (χ1n) is 7.49. The second-order valence-electron chi connectivity index (χ2n) is 5.60. The van der Waals surface area contributed by atoms with Crippen LogP contribution in [-0.2, 0) is 19.6 Å². The number of aryl methyl sites for hydroxylation is 1. The number of hydrogen-bond acceptors (Lipinski definition) is 5. The number of sulfonamides is 1. The average Bonchev–Trinajstić information content (AvgIpc) is 2.54. The number of rotatable bonds is 5. The number of carbonyl (C=O) groups is 2. The predicted molar refractivity (Wildman–Crippen MR) is 97.5 cm³/mol. The highest BCUT2D eigenvalue weighted by Gasteiger charge is 2.21. The van der Waals surface area contributed by atoms with E-state index >= 15 is 0 Å². The maximum absolute atomic E-state index is 12.2. The normalized spacial score (nSPS) is 12.3. The first kappa shape index (κ1) is 19.9. The lowest BCUT2D eigenvalue weighted by Crippen LogP contribution is -2.30. The van der Waals surface area contributed by atoms with Crippen LogP contribution in [0, 0.1) is 6.92 Å². The molecule has 3 N–H and O–H groups in total. The van der Waals surface area contributed by atoms with Crippen LogP contribution in [-0.4, -0.2) is 26.4 Å². The minimum atomic E-state index is -4.10. The van der Waals surface area contributed by atoms with Gasteiger partial charge in [-0.25, -0.2) is 18.4 Å². The van der Waals surface area contributed by atoms with Crippen molar-refractivity contribution in [2.45, 2.75) is 24.8 Å². The van der Waals surface area contributed by atoms with Crippen molar-refractivity contribution in [2.75, 3.05) is 5.32 Å². The summed E-state index contributed by atoms with van der Waals surface area (Å²) in [5, 5.41) is 7.56. The maximum atomic E-state index is 12.2. The number of primary sulfonamides is 1. The number of nitrogens with two attached hydrogens (primary N) is 1. The van der Waals surface area contributed by atoms with Crippen LogP contribution in [0.4, 0.5) is 5.69 Å². The Kier molecular flexibility index (Phi) is 6.01. The standard InChI is InChI=1S/C17H17ClN2O5S/c1-10-4-3-5-13(8-10)20-16(21)11(2)25-17(22)12-6-7-14(18)15(9-12)26(19,23)24/h3-9,11H,1-2H3,(H,20,21)(H2,19,23,24). The highest BCUT2D eigenvalue weighted by atomic mass is 35.5. The molecule has 0 saturated carbocycles. The summed E-state index contributed by atoms with van der Waals surface area (Å²) in [4.78, 5) is 23.9. The van der Waals surface area contributed by atoms with Crippen LogP contribution >= 0.6 is 11.6 Å². The van der Waals surface area contributed by atoms with Gasteiger partial charge in [-0.2, -0.15) is 0 Å². The number of hydrogen-bond donors (Lipinski definition) is 2. The number of ether oxygens (including phenoxy) is 1. The Morgan fingerprint density at radius 2 is 1.88 bits per heavy atom. The first-order valence-corrected chi connectivity index (χ1v) is 9.41. The molecule has 1 atom stereocenters. The molecule has 0 aromatic heterocycles. The fourth-order valence-electron chi connectivity index (χ4n) is 2.10. The van der Waals surface area contributed by atoms with Gasteiger partial charge < -0.3 is 10.1 Å². The van der Waals surface area contributed by atoms with Crippen LogP contribution in [0.1, 0.15) is 22.8 Å². The SMILES string of the molecule is Cc1cccc(NC(=O)C(C)OC(=O)c2ccc(Cl)c(S(N)(=O)=O)c2)c1. The lowest BCUT2D eigenvalue weighted by atomic mass is 10.2. The van der Waals surface area contributed by atoms with Crippen molar-refractivity contribution >= 4 is 39.2 Å². The van der Waals surface area contributed by atoms with Gasteiger partial charge in [-0.15, -0.1) is 0 Å². The lowest BCUT2D eigenvalue weighted by molar-refractivity contribution is -0.123. The molecule has 0 aliphatic carbocycles. The third-order valence-electron chi connectivity index (χ3n) is 3.41. The van der Waals surface area contributed by atoms with E-state index in [1.807, 2.05) is 13.0 Å². The second kappa shape index (κ2) is 7.86. The van der Waals surface area contributed by atoms with Gasteiger partial charge in [0.25, 0.3) is 5.91 Å². The topological polar surface area (TPSA) is 116 Å². The largest absolute Gasteiger partial charge is 0.449 e. The molecular weight excluding hydrogens is 380 g/mol. The van der Waals surface area contributed by atoms with Gasteiger partial charge in [0.1, 0.15) is 4.90 Å². The molecule has 0 heterocycles. The van der Waals surface area contributed by atoms with Crippen LogP contribution < -0.4 is 10.5 Å². The van der Waals surface area contributed by atoms with Crippen molar-refractivity contribution in [1.82, 2.24) is 0 Å². The van der Waals surface area contributed by atoms with Crippen LogP contribution in [0.3, 0.4) is 0 Å². The number of nitrogens with one attached hydrogen (secondary N) is 1. The van der Waals surface area contributed by atoms with Crippen molar-refractivity contribution in [3.05, 3.63) is 58.6 Å². The van der Waals surface area contributed by atoms with E-state index in [9.17, 15) is 18.0 Å². The summed E-state index contributed by atoms with van der Waals surface area (Å²) in [5.74, 6) is -1.40. The predicted octanol–water partition coefficient (Wildman–Crippen LogP) is 2.48. The molecule has 1 unspecified atom stereocenters. The van der Waals surface area contributed by atoms with E-state index in [4.69, 9.17) is 21.5 Å². The zero-order valence-electron chi connectivity index (χ0n) is 14.0. The molecule has 2 rings (SSSR count). The Labute approximate surface area is 156 Å². The molecule has 0 bridgehead atoms. The van der Waals surface area contributed by atoms with Crippen molar-refractivity contribution in [3.8, 4) is 0 Å². The van der Waals surface area contributed by atoms with E-state index in [1.165, 1.54) is 19.1 Å². The number of halogens is 1. The molecule has 138 valence electrons. The first-order chi connectivity index (χ1) is 12.1. The van der Waals surface area contributed by atoms with Crippen LogP contribution in [0.25, 0.3) is 0 Å². The Morgan fingerprint density at radius 1 is 1.19 bits per heavy atom. The summed E-state index contributed by atoms with van der Waals surface area (Å²) in [6, 6.07) is 10.6. The molecule has 1 amide bonds. The van der Waals surface area contributed by atoms with Crippen molar-refractivity contribution in [3.63, 3.8) is 0 Å². The third-order valence-corrected chi connectivity index (χ3v) is 4.80. The van der Waals surface area contributed by atoms with Gasteiger partial charge >= 0.3 is 5.97 Å². The average molecular weight is 397 g/mol. The third kappa shape index (κ3) is 5.04. The highest BCUT2D eigenvalue weighted by Crippen LogP contribution is 2.22. The Morgan fingerprint density at radius 3 is 2.50 bits per heavy atom. The minimum absolute atomic E-state index is 0.0892.